The van der Waals surface area contributed by atoms with Gasteiger partial charge in [-0.1, -0.05) is 20.8 Å². The molecular weight excluding hydrogens is 188 g/mol. The molecule has 0 radical (unpaired) electrons. The molecule has 0 aromatic heterocycles. The van der Waals surface area contributed by atoms with E-state index in [1.54, 1.807) is 0 Å². The van der Waals surface area contributed by atoms with Crippen LogP contribution in [0, 0.1) is 5.41 Å². The zero-order valence-electron chi connectivity index (χ0n) is 8.50. The van der Waals surface area contributed by atoms with Crippen LogP contribution >= 0.6 is 12.2 Å². The van der Waals surface area contributed by atoms with Gasteiger partial charge in [-0.05, 0) is 12.2 Å². The van der Waals surface area contributed by atoms with E-state index in [-0.39, 0.29) is 12.0 Å². The molecule has 0 saturated carbocycles. The van der Waals surface area contributed by atoms with Gasteiger partial charge >= 0.3 is 0 Å². The highest BCUT2D eigenvalue weighted by atomic mass is 32.1. The molecule has 0 aliphatic rings. The Morgan fingerprint density at radius 1 is 1.23 bits per heavy atom. The van der Waals surface area contributed by atoms with Crippen molar-refractivity contribution in [3.63, 3.8) is 0 Å². The van der Waals surface area contributed by atoms with Crippen LogP contribution in [0.25, 0.3) is 0 Å². The highest BCUT2D eigenvalue weighted by molar-refractivity contribution is 7.80. The summed E-state index contributed by atoms with van der Waals surface area (Å²) >= 11 is 5.04. The molecule has 0 saturated heterocycles. The molecule has 0 aliphatic carbocycles. The third kappa shape index (κ3) is 6.93. The van der Waals surface area contributed by atoms with E-state index < -0.39 is 0 Å². The van der Waals surface area contributed by atoms with Crippen LogP contribution in [-0.2, 0) is 9.47 Å². The Hall–Kier alpha value is -0.190. The second-order valence-electron chi connectivity index (χ2n) is 3.72. The monoisotopic (exact) mass is 206 g/mol. The van der Waals surface area contributed by atoms with Crippen LogP contribution in [0.1, 0.15) is 20.8 Å². The highest BCUT2D eigenvalue weighted by Gasteiger charge is 2.17. The van der Waals surface area contributed by atoms with Gasteiger partial charge in [0.1, 0.15) is 6.61 Å². The maximum atomic E-state index is 8.41. The van der Waals surface area contributed by atoms with Crippen molar-refractivity contribution in [2.75, 3.05) is 26.4 Å². The summed E-state index contributed by atoms with van der Waals surface area (Å²) in [6.07, 6.45) is 0. The minimum atomic E-state index is -0.0910. The molecule has 0 heterocycles. The second-order valence-corrected chi connectivity index (χ2v) is 4.09. The fraction of sp³-hybridized carbons (Fsp3) is 0.889. The van der Waals surface area contributed by atoms with Crippen LogP contribution in [0.2, 0.25) is 0 Å². The molecule has 0 bridgehead atoms. The van der Waals surface area contributed by atoms with Gasteiger partial charge in [0, 0.05) is 5.41 Å². The summed E-state index contributed by atoms with van der Waals surface area (Å²) in [6, 6.07) is 0. The predicted octanol–water partition coefficient (Wildman–Crippen LogP) is 1.39. The average Bonchev–Trinajstić information content (AvgIpc) is 2.02. The molecule has 78 valence electrons. The summed E-state index contributed by atoms with van der Waals surface area (Å²) in [6.45, 7) is 7.33. The Labute approximate surface area is 85.0 Å². The van der Waals surface area contributed by atoms with E-state index in [0.717, 1.165) is 0 Å². The van der Waals surface area contributed by atoms with E-state index in [1.165, 1.54) is 0 Å². The third-order valence-corrected chi connectivity index (χ3v) is 2.04. The van der Waals surface area contributed by atoms with E-state index in [2.05, 4.69) is 0 Å². The van der Waals surface area contributed by atoms with Crippen molar-refractivity contribution in [1.82, 2.24) is 0 Å². The molecule has 0 aliphatic heterocycles. The van der Waals surface area contributed by atoms with Crippen molar-refractivity contribution in [1.29, 1.82) is 0 Å². The second kappa shape index (κ2) is 6.29. The fourth-order valence-corrected chi connectivity index (χ4v) is 0.660. The van der Waals surface area contributed by atoms with Gasteiger partial charge in [0.2, 0.25) is 0 Å². The highest BCUT2D eigenvalue weighted by Crippen LogP contribution is 2.16. The standard InChI is InChI=1S/C9H18O3S/c1-9(2,3)8(13)12-7-6-11-5-4-10/h10H,4-7H2,1-3H3. The number of thiocarbonyl (C=S) groups is 1. The lowest BCUT2D eigenvalue weighted by atomic mass is 9.98. The van der Waals surface area contributed by atoms with Crippen LogP contribution in [0.5, 0.6) is 0 Å². The van der Waals surface area contributed by atoms with Gasteiger partial charge in [-0.15, -0.1) is 0 Å². The van der Waals surface area contributed by atoms with Crippen molar-refractivity contribution in [2.24, 2.45) is 5.41 Å². The summed E-state index contributed by atoms with van der Waals surface area (Å²) in [5.41, 5.74) is -0.0910. The van der Waals surface area contributed by atoms with Gasteiger partial charge in [-0.25, -0.2) is 0 Å². The van der Waals surface area contributed by atoms with Crippen LogP contribution in [-0.4, -0.2) is 36.6 Å². The molecule has 13 heavy (non-hydrogen) atoms. The molecule has 0 aromatic carbocycles. The number of hydrogen-bond acceptors (Lipinski definition) is 4. The van der Waals surface area contributed by atoms with Gasteiger partial charge in [-0.2, -0.15) is 0 Å². The lowest BCUT2D eigenvalue weighted by Crippen LogP contribution is -2.22. The van der Waals surface area contributed by atoms with Crippen molar-refractivity contribution in [3.05, 3.63) is 0 Å². The predicted molar refractivity (Wildman–Crippen MR) is 55.9 cm³/mol. The summed E-state index contributed by atoms with van der Waals surface area (Å²) < 4.78 is 10.3. The van der Waals surface area contributed by atoms with Crippen molar-refractivity contribution >= 4 is 17.3 Å². The molecule has 0 aromatic rings. The van der Waals surface area contributed by atoms with Crippen LogP contribution in [0.3, 0.4) is 0 Å². The molecular formula is C9H18O3S. The van der Waals surface area contributed by atoms with E-state index in [9.17, 15) is 0 Å². The topological polar surface area (TPSA) is 38.7 Å². The fourth-order valence-electron chi connectivity index (χ4n) is 0.576. The van der Waals surface area contributed by atoms with Crippen LogP contribution in [0.15, 0.2) is 0 Å². The van der Waals surface area contributed by atoms with E-state index in [4.69, 9.17) is 26.8 Å². The summed E-state index contributed by atoms with van der Waals surface area (Å²) in [5.74, 6) is 0. The van der Waals surface area contributed by atoms with E-state index >= 15 is 0 Å². The number of aliphatic hydroxyl groups excluding tert-OH is 1. The van der Waals surface area contributed by atoms with Crippen molar-refractivity contribution < 1.29 is 14.6 Å². The van der Waals surface area contributed by atoms with Gasteiger partial charge in [-0.3, -0.25) is 0 Å². The molecule has 0 spiro atoms. The zero-order valence-corrected chi connectivity index (χ0v) is 9.32. The summed E-state index contributed by atoms with van der Waals surface area (Å²) in [4.78, 5) is 0. The SMILES string of the molecule is CC(C)(C)C(=S)OCCOCCO. The lowest BCUT2D eigenvalue weighted by molar-refractivity contribution is 0.0661. The summed E-state index contributed by atoms with van der Waals surface area (Å²) in [7, 11) is 0. The van der Waals surface area contributed by atoms with Crippen molar-refractivity contribution in [3.8, 4) is 0 Å². The minimum Gasteiger partial charge on any atom is -0.484 e. The van der Waals surface area contributed by atoms with Crippen LogP contribution in [0.4, 0.5) is 0 Å². The zero-order chi connectivity index (χ0) is 10.3. The molecule has 0 fully saturated rings. The molecule has 4 heteroatoms. The van der Waals surface area contributed by atoms with E-state index in [1.807, 2.05) is 20.8 Å². The Bertz CT molecular complexity index is 151. The Balaban J connectivity index is 3.38. The molecule has 1 N–H and O–H groups in total. The first-order chi connectivity index (χ1) is 5.98. The largest absolute Gasteiger partial charge is 0.484 e. The smallest absolute Gasteiger partial charge is 0.165 e. The van der Waals surface area contributed by atoms with Crippen molar-refractivity contribution in [2.45, 2.75) is 20.8 Å². The Morgan fingerprint density at radius 3 is 2.31 bits per heavy atom. The number of aliphatic hydroxyl groups is 1. The molecule has 0 rings (SSSR count). The Morgan fingerprint density at radius 2 is 1.85 bits per heavy atom. The summed E-state index contributed by atoms with van der Waals surface area (Å²) in [5, 5.41) is 9.01. The maximum absolute atomic E-state index is 8.41. The molecule has 3 nitrogen and oxygen atoms in total. The third-order valence-electron chi connectivity index (χ3n) is 1.31. The quantitative estimate of drug-likeness (QED) is 0.545. The maximum Gasteiger partial charge on any atom is 0.165 e. The van der Waals surface area contributed by atoms with Crippen LogP contribution < -0.4 is 0 Å². The molecule has 0 atom stereocenters. The Kier molecular flexibility index (Phi) is 6.20. The first-order valence-electron chi connectivity index (χ1n) is 4.34. The number of rotatable bonds is 5. The first-order valence-corrected chi connectivity index (χ1v) is 4.75. The minimum absolute atomic E-state index is 0.0454. The number of ether oxygens (including phenoxy) is 2. The van der Waals surface area contributed by atoms with Gasteiger partial charge in [0.25, 0.3) is 0 Å². The van der Waals surface area contributed by atoms with Gasteiger partial charge < -0.3 is 14.6 Å². The normalized spacial score (nSPS) is 11.4. The van der Waals surface area contributed by atoms with E-state index in [0.29, 0.717) is 24.9 Å². The molecule has 0 unspecified atom stereocenters. The van der Waals surface area contributed by atoms with Gasteiger partial charge in [0.15, 0.2) is 5.05 Å². The number of hydrogen-bond donors (Lipinski definition) is 1. The first kappa shape index (κ1) is 12.8. The van der Waals surface area contributed by atoms with Gasteiger partial charge in [0.05, 0.1) is 19.8 Å². The average molecular weight is 206 g/mol. The molecule has 0 amide bonds. The lowest BCUT2D eigenvalue weighted by Gasteiger charge is -2.19.